The van der Waals surface area contributed by atoms with E-state index in [9.17, 15) is 21.6 Å². The van der Waals surface area contributed by atoms with Crippen LogP contribution in [0.4, 0.5) is 5.69 Å². The summed E-state index contributed by atoms with van der Waals surface area (Å²) in [6, 6.07) is 10.00. The maximum absolute atomic E-state index is 13.2. The van der Waals surface area contributed by atoms with E-state index in [1.807, 2.05) is 16.9 Å². The van der Waals surface area contributed by atoms with Crippen molar-refractivity contribution in [2.75, 3.05) is 37.7 Å². The van der Waals surface area contributed by atoms with E-state index in [2.05, 4.69) is 25.7 Å². The first-order valence-electron chi connectivity index (χ1n) is 15.6. The molecule has 0 amide bonds. The molecule has 2 heterocycles. The van der Waals surface area contributed by atoms with Crippen LogP contribution < -0.4 is 9.62 Å². The average Bonchev–Trinajstić information content (AvgIpc) is 3.00. The molecule has 0 aromatic heterocycles. The van der Waals surface area contributed by atoms with Crippen LogP contribution in [-0.2, 0) is 30.3 Å². The number of nitrogens with one attached hydrogen (secondary N) is 1. The lowest BCUT2D eigenvalue weighted by molar-refractivity contribution is -0.139. The molecule has 0 spiro atoms. The summed E-state index contributed by atoms with van der Waals surface area (Å²) >= 11 is 6.46. The lowest BCUT2D eigenvalue weighted by atomic mass is 9.87. The Hall–Kier alpha value is -2.22. The Kier molecular flexibility index (Phi) is 11.6. The third-order valence-corrected chi connectivity index (χ3v) is 12.8. The van der Waals surface area contributed by atoms with Crippen LogP contribution in [-0.4, -0.2) is 76.2 Å². The summed E-state index contributed by atoms with van der Waals surface area (Å²) in [7, 11) is -7.65. The summed E-state index contributed by atoms with van der Waals surface area (Å²) in [6.07, 6.45) is 7.10. The molecule has 2 saturated heterocycles. The minimum atomic E-state index is -4.17. The fourth-order valence-electron chi connectivity index (χ4n) is 6.20. The molecular weight excluding hydrogens is 638 g/mol. The number of nitrogens with zero attached hydrogens (tertiary/aromatic N) is 2. The highest BCUT2D eigenvalue weighted by atomic mass is 35.5. The van der Waals surface area contributed by atoms with Crippen LogP contribution >= 0.6 is 11.6 Å². The highest BCUT2D eigenvalue weighted by Gasteiger charge is 2.30. The summed E-state index contributed by atoms with van der Waals surface area (Å²) < 4.78 is 55.2. The Morgan fingerprint density at radius 2 is 1.44 bits per heavy atom. The number of piperidine rings is 2. The number of aliphatic carboxylic acids is 1. The lowest BCUT2D eigenvalue weighted by Gasteiger charge is -2.35. The number of carboxylic acid groups (broad SMARTS) is 1. The summed E-state index contributed by atoms with van der Waals surface area (Å²) in [4.78, 5) is 13.5. The van der Waals surface area contributed by atoms with Gasteiger partial charge >= 0.3 is 5.97 Å². The second kappa shape index (κ2) is 14.7. The van der Waals surface area contributed by atoms with Gasteiger partial charge in [-0.3, -0.25) is 4.79 Å². The summed E-state index contributed by atoms with van der Waals surface area (Å²) in [6.45, 7) is 8.19. The number of rotatable bonds is 12. The maximum atomic E-state index is 13.2. The highest BCUT2D eigenvalue weighted by molar-refractivity contribution is 7.89. The Morgan fingerprint density at radius 1 is 0.911 bits per heavy atom. The molecule has 0 saturated carbocycles. The molecule has 2 aromatic carbocycles. The molecule has 2 fully saturated rings. The summed E-state index contributed by atoms with van der Waals surface area (Å²) in [5, 5.41) is 18.5. The fraction of sp³-hybridized carbons (Fsp3) is 0.594. The second-order valence-corrected chi connectivity index (χ2v) is 17.4. The SMILES string of the molecule is CC(C)(C)c1ccc(S(=O)(=O)N2CCC(CCCC3CCN(c4ccc(S(=O)(=O)NC(CO)C(=O)O)cc4Cl)CC3)CC2)cc1. The number of benzene rings is 2. The molecule has 4 rings (SSSR count). The van der Waals surface area contributed by atoms with Gasteiger partial charge in [-0.25, -0.2) is 16.8 Å². The van der Waals surface area contributed by atoms with Crippen molar-refractivity contribution in [3.63, 3.8) is 0 Å². The standard InChI is InChI=1S/C32H46ClN3O7S2/c1-32(2,3)25-7-9-26(10-8-25)45(42,43)36-19-15-24(16-20-36)6-4-5-23-13-17-35(18-14-23)30-12-11-27(21-28(30)33)44(40,41)34-29(22-37)31(38)39/h7-12,21,23-24,29,34,37H,4-6,13-20,22H2,1-3H3,(H,38,39). The highest BCUT2D eigenvalue weighted by Crippen LogP contribution is 2.34. The number of anilines is 1. The number of carbonyl (C=O) groups is 1. The van der Waals surface area contributed by atoms with Gasteiger partial charge in [0, 0.05) is 26.2 Å². The van der Waals surface area contributed by atoms with E-state index >= 15 is 0 Å². The average molecular weight is 684 g/mol. The van der Waals surface area contributed by atoms with Gasteiger partial charge in [-0.1, -0.05) is 63.8 Å². The zero-order valence-corrected chi connectivity index (χ0v) is 28.7. The van der Waals surface area contributed by atoms with Crippen molar-refractivity contribution in [2.24, 2.45) is 11.8 Å². The van der Waals surface area contributed by atoms with Crippen LogP contribution in [0, 0.1) is 11.8 Å². The third kappa shape index (κ3) is 8.99. The molecule has 0 aliphatic carbocycles. The number of aliphatic hydroxyl groups is 1. The largest absolute Gasteiger partial charge is 0.480 e. The van der Waals surface area contributed by atoms with E-state index < -0.39 is 38.7 Å². The molecule has 1 atom stereocenters. The predicted molar refractivity (Wildman–Crippen MR) is 176 cm³/mol. The lowest BCUT2D eigenvalue weighted by Crippen LogP contribution is -2.43. The summed E-state index contributed by atoms with van der Waals surface area (Å²) in [5.41, 5.74) is 1.82. The van der Waals surface area contributed by atoms with Gasteiger partial charge in [-0.2, -0.15) is 9.03 Å². The molecule has 10 nitrogen and oxygen atoms in total. The number of carboxylic acids is 1. The molecule has 2 aliphatic rings. The molecule has 0 bridgehead atoms. The van der Waals surface area contributed by atoms with Gasteiger partial charge in [0.2, 0.25) is 20.0 Å². The Morgan fingerprint density at radius 3 is 1.93 bits per heavy atom. The Labute approximate surface area is 272 Å². The quantitative estimate of drug-likeness (QED) is 0.288. The minimum Gasteiger partial charge on any atom is -0.480 e. The Balaban J connectivity index is 1.20. The molecule has 2 aliphatic heterocycles. The van der Waals surface area contributed by atoms with Gasteiger partial charge in [0.05, 0.1) is 27.1 Å². The summed E-state index contributed by atoms with van der Waals surface area (Å²) in [5.74, 6) is -0.348. The van der Waals surface area contributed by atoms with Crippen molar-refractivity contribution >= 4 is 43.3 Å². The van der Waals surface area contributed by atoms with Crippen molar-refractivity contribution in [1.29, 1.82) is 0 Å². The first kappa shape index (κ1) is 35.6. The van der Waals surface area contributed by atoms with Gasteiger partial charge in [0.15, 0.2) is 0 Å². The molecular formula is C32H46ClN3O7S2. The molecule has 250 valence electrons. The molecule has 13 heteroatoms. The van der Waals surface area contributed by atoms with Crippen LogP contribution in [0.3, 0.4) is 0 Å². The van der Waals surface area contributed by atoms with Crippen LogP contribution in [0.15, 0.2) is 52.3 Å². The third-order valence-electron chi connectivity index (χ3n) is 9.12. The number of sulfonamides is 2. The topological polar surface area (TPSA) is 144 Å². The van der Waals surface area contributed by atoms with Crippen LogP contribution in [0.1, 0.15) is 71.3 Å². The van der Waals surface area contributed by atoms with Crippen molar-refractivity contribution in [3.8, 4) is 0 Å². The van der Waals surface area contributed by atoms with Crippen LogP contribution in [0.5, 0.6) is 0 Å². The monoisotopic (exact) mass is 683 g/mol. The van der Waals surface area contributed by atoms with Crippen molar-refractivity contribution in [2.45, 2.75) is 87.0 Å². The zero-order chi connectivity index (χ0) is 33.0. The van der Waals surface area contributed by atoms with Gasteiger partial charge in [0.1, 0.15) is 6.04 Å². The molecule has 3 N–H and O–H groups in total. The first-order chi connectivity index (χ1) is 21.1. The normalized spacial score (nSPS) is 18.6. The predicted octanol–water partition coefficient (Wildman–Crippen LogP) is 4.85. The second-order valence-electron chi connectivity index (χ2n) is 13.3. The number of hydrogen-bond donors (Lipinski definition) is 3. The minimum absolute atomic E-state index is 0.0253. The van der Waals surface area contributed by atoms with E-state index in [-0.39, 0.29) is 15.3 Å². The maximum Gasteiger partial charge on any atom is 0.324 e. The van der Waals surface area contributed by atoms with E-state index in [0.29, 0.717) is 29.8 Å². The molecule has 2 aromatic rings. The number of halogens is 1. The Bertz CT molecular complexity index is 1530. The van der Waals surface area contributed by atoms with Crippen LogP contribution in [0.2, 0.25) is 5.02 Å². The molecule has 45 heavy (non-hydrogen) atoms. The van der Waals surface area contributed by atoms with Gasteiger partial charge < -0.3 is 15.1 Å². The smallest absolute Gasteiger partial charge is 0.324 e. The van der Waals surface area contributed by atoms with Gasteiger partial charge in [-0.05, 0) is 78.8 Å². The molecule has 1 unspecified atom stereocenters. The van der Waals surface area contributed by atoms with Crippen LogP contribution in [0.25, 0.3) is 0 Å². The number of hydrogen-bond acceptors (Lipinski definition) is 7. The molecule has 0 radical (unpaired) electrons. The van der Waals surface area contributed by atoms with Crippen molar-refractivity contribution in [1.82, 2.24) is 9.03 Å². The zero-order valence-electron chi connectivity index (χ0n) is 26.3. The van der Waals surface area contributed by atoms with E-state index in [1.165, 1.54) is 12.1 Å². The van der Waals surface area contributed by atoms with E-state index in [4.69, 9.17) is 21.8 Å². The first-order valence-corrected chi connectivity index (χ1v) is 18.9. The van der Waals surface area contributed by atoms with Crippen molar-refractivity contribution < 1.29 is 31.8 Å². The van der Waals surface area contributed by atoms with Crippen molar-refractivity contribution in [3.05, 3.63) is 53.1 Å². The van der Waals surface area contributed by atoms with E-state index in [1.54, 1.807) is 22.5 Å². The van der Waals surface area contributed by atoms with Gasteiger partial charge in [0.25, 0.3) is 0 Å². The van der Waals surface area contributed by atoms with E-state index in [0.717, 1.165) is 69.3 Å². The fourth-order valence-corrected chi connectivity index (χ4v) is 9.25. The van der Waals surface area contributed by atoms with Gasteiger partial charge in [-0.15, -0.1) is 0 Å². The number of aliphatic hydroxyl groups excluding tert-OH is 1.